The Morgan fingerprint density at radius 1 is 1.33 bits per heavy atom. The third-order valence-corrected chi connectivity index (χ3v) is 2.25. The van der Waals surface area contributed by atoms with Gasteiger partial charge in [-0.2, -0.15) is 0 Å². The quantitative estimate of drug-likeness (QED) is 0.633. The summed E-state index contributed by atoms with van der Waals surface area (Å²) in [5.41, 5.74) is 2.00. The van der Waals surface area contributed by atoms with E-state index in [1.165, 1.54) is 0 Å². The van der Waals surface area contributed by atoms with Gasteiger partial charge in [0.2, 0.25) is 0 Å². The summed E-state index contributed by atoms with van der Waals surface area (Å²) in [6, 6.07) is 1.69. The molecule has 66 valence electrons. The maximum atomic E-state index is 6.01. The topological polar surface area (TPSA) is 12.9 Å². The third kappa shape index (κ3) is 1.90. The lowest BCUT2D eigenvalue weighted by Crippen LogP contribution is -1.96. The van der Waals surface area contributed by atoms with Gasteiger partial charge in [-0.1, -0.05) is 37.0 Å². The summed E-state index contributed by atoms with van der Waals surface area (Å²) in [5.74, 6) is 0.391. The number of rotatable bonds is 1. The van der Waals surface area contributed by atoms with Crippen LogP contribution >= 0.6 is 23.2 Å². The summed E-state index contributed by atoms with van der Waals surface area (Å²) in [4.78, 5) is 4.14. The molecule has 12 heavy (non-hydrogen) atoms. The molecule has 3 heteroatoms. The molecule has 1 rings (SSSR count). The number of nitrogens with zero attached hydrogens (tertiary/aromatic N) is 1. The molecular weight excluding hydrogens is 193 g/mol. The maximum absolute atomic E-state index is 6.01. The number of hydrogen-bond acceptors (Lipinski definition) is 1. The van der Waals surface area contributed by atoms with Crippen molar-refractivity contribution in [3.8, 4) is 0 Å². The van der Waals surface area contributed by atoms with E-state index in [0.717, 1.165) is 11.3 Å². The highest BCUT2D eigenvalue weighted by atomic mass is 35.5. The lowest BCUT2D eigenvalue weighted by atomic mass is 10.0. The van der Waals surface area contributed by atoms with Crippen molar-refractivity contribution in [1.82, 2.24) is 4.98 Å². The van der Waals surface area contributed by atoms with Crippen LogP contribution in [-0.2, 0) is 0 Å². The summed E-state index contributed by atoms with van der Waals surface area (Å²) >= 11 is 11.7. The van der Waals surface area contributed by atoms with Crippen LogP contribution < -0.4 is 0 Å². The van der Waals surface area contributed by atoms with Crippen LogP contribution in [-0.4, -0.2) is 4.98 Å². The SMILES string of the molecule is Cc1nc(Cl)cc(Cl)c1C(C)C. The summed E-state index contributed by atoms with van der Waals surface area (Å²) in [6.45, 7) is 6.10. The second-order valence-electron chi connectivity index (χ2n) is 3.08. The van der Waals surface area contributed by atoms with E-state index in [9.17, 15) is 0 Å². The van der Waals surface area contributed by atoms with Crippen LogP contribution in [0.25, 0.3) is 0 Å². The lowest BCUT2D eigenvalue weighted by molar-refractivity contribution is 0.843. The fraction of sp³-hybridized carbons (Fsp3) is 0.444. The molecule has 0 radical (unpaired) electrons. The number of hydrogen-bond donors (Lipinski definition) is 0. The van der Waals surface area contributed by atoms with E-state index in [1.54, 1.807) is 6.07 Å². The van der Waals surface area contributed by atoms with Gasteiger partial charge in [-0.05, 0) is 24.5 Å². The van der Waals surface area contributed by atoms with Crippen LogP contribution in [0.1, 0.15) is 31.0 Å². The number of pyridine rings is 1. The van der Waals surface area contributed by atoms with Crippen molar-refractivity contribution in [2.45, 2.75) is 26.7 Å². The Morgan fingerprint density at radius 2 is 1.92 bits per heavy atom. The largest absolute Gasteiger partial charge is 0.241 e. The smallest absolute Gasteiger partial charge is 0.130 e. The first-order valence-electron chi connectivity index (χ1n) is 3.85. The van der Waals surface area contributed by atoms with Crippen LogP contribution in [0.3, 0.4) is 0 Å². The second-order valence-corrected chi connectivity index (χ2v) is 3.88. The molecule has 1 heterocycles. The fourth-order valence-corrected chi connectivity index (χ4v) is 2.05. The number of aryl methyl sites for hydroxylation is 1. The van der Waals surface area contributed by atoms with Gasteiger partial charge in [-0.15, -0.1) is 0 Å². The Bertz CT molecular complexity index is 272. The van der Waals surface area contributed by atoms with E-state index < -0.39 is 0 Å². The minimum atomic E-state index is 0.391. The average molecular weight is 204 g/mol. The molecule has 0 unspecified atom stereocenters. The summed E-state index contributed by atoms with van der Waals surface area (Å²) in [7, 11) is 0. The van der Waals surface area contributed by atoms with Crippen molar-refractivity contribution in [2.24, 2.45) is 0 Å². The fourth-order valence-electron chi connectivity index (χ4n) is 1.30. The molecule has 0 fully saturated rings. The monoisotopic (exact) mass is 203 g/mol. The predicted octanol–water partition coefficient (Wildman–Crippen LogP) is 3.82. The molecule has 0 saturated carbocycles. The van der Waals surface area contributed by atoms with E-state index in [-0.39, 0.29) is 0 Å². The molecule has 0 atom stereocenters. The molecule has 0 spiro atoms. The van der Waals surface area contributed by atoms with E-state index >= 15 is 0 Å². The second kappa shape index (κ2) is 3.63. The van der Waals surface area contributed by atoms with Crippen molar-refractivity contribution in [1.29, 1.82) is 0 Å². The Balaban J connectivity index is 3.28. The highest BCUT2D eigenvalue weighted by molar-refractivity contribution is 6.34. The summed E-state index contributed by atoms with van der Waals surface area (Å²) < 4.78 is 0. The van der Waals surface area contributed by atoms with Gasteiger partial charge in [0, 0.05) is 10.7 Å². The van der Waals surface area contributed by atoms with Crippen LogP contribution in [0.2, 0.25) is 10.2 Å². The van der Waals surface area contributed by atoms with Gasteiger partial charge in [0.15, 0.2) is 0 Å². The Kier molecular flexibility index (Phi) is 2.97. The Morgan fingerprint density at radius 3 is 2.33 bits per heavy atom. The molecule has 1 nitrogen and oxygen atoms in total. The Hall–Kier alpha value is -0.270. The maximum Gasteiger partial charge on any atom is 0.130 e. The molecule has 0 aliphatic carbocycles. The number of aromatic nitrogens is 1. The average Bonchev–Trinajstić information content (AvgIpc) is 1.82. The predicted molar refractivity (Wildman–Crippen MR) is 53.1 cm³/mol. The zero-order chi connectivity index (χ0) is 9.30. The van der Waals surface area contributed by atoms with Gasteiger partial charge < -0.3 is 0 Å². The molecule has 0 aliphatic heterocycles. The third-order valence-electron chi connectivity index (χ3n) is 1.74. The van der Waals surface area contributed by atoms with Crippen molar-refractivity contribution in [3.05, 3.63) is 27.5 Å². The summed E-state index contributed by atoms with van der Waals surface area (Å²) in [6.07, 6.45) is 0. The van der Waals surface area contributed by atoms with Gasteiger partial charge >= 0.3 is 0 Å². The minimum Gasteiger partial charge on any atom is -0.241 e. The molecule has 0 bridgehead atoms. The number of halogens is 2. The van der Waals surface area contributed by atoms with Gasteiger partial charge in [0.1, 0.15) is 5.15 Å². The molecule has 0 saturated heterocycles. The van der Waals surface area contributed by atoms with Gasteiger partial charge in [-0.25, -0.2) is 4.98 Å². The molecule has 1 aromatic rings. The van der Waals surface area contributed by atoms with Crippen molar-refractivity contribution < 1.29 is 0 Å². The van der Waals surface area contributed by atoms with E-state index in [4.69, 9.17) is 23.2 Å². The minimum absolute atomic E-state index is 0.391. The van der Waals surface area contributed by atoms with Gasteiger partial charge in [0.05, 0.1) is 0 Å². The molecular formula is C9H11Cl2N. The molecule has 1 aromatic heterocycles. The standard InChI is InChI=1S/C9H11Cl2N/c1-5(2)9-6(3)12-8(11)4-7(9)10/h4-5H,1-3H3. The van der Waals surface area contributed by atoms with Crippen molar-refractivity contribution >= 4 is 23.2 Å². The van der Waals surface area contributed by atoms with E-state index in [2.05, 4.69) is 18.8 Å². The summed E-state index contributed by atoms with van der Waals surface area (Å²) in [5, 5.41) is 1.17. The molecule has 0 amide bonds. The van der Waals surface area contributed by atoms with Crippen molar-refractivity contribution in [3.63, 3.8) is 0 Å². The van der Waals surface area contributed by atoms with Crippen LogP contribution in [0.5, 0.6) is 0 Å². The van der Waals surface area contributed by atoms with Crippen LogP contribution in [0.15, 0.2) is 6.07 Å². The normalized spacial score (nSPS) is 10.8. The molecule has 0 N–H and O–H groups in total. The highest BCUT2D eigenvalue weighted by Crippen LogP contribution is 2.28. The first-order chi connectivity index (χ1) is 5.52. The Labute approximate surface area is 82.7 Å². The van der Waals surface area contributed by atoms with Gasteiger partial charge in [0.25, 0.3) is 0 Å². The zero-order valence-electron chi connectivity index (χ0n) is 7.36. The van der Waals surface area contributed by atoms with Crippen LogP contribution in [0, 0.1) is 6.92 Å². The van der Waals surface area contributed by atoms with Crippen molar-refractivity contribution in [2.75, 3.05) is 0 Å². The molecule has 0 aliphatic rings. The molecule has 0 aromatic carbocycles. The first kappa shape index (κ1) is 9.82. The van der Waals surface area contributed by atoms with Gasteiger partial charge in [-0.3, -0.25) is 0 Å². The highest BCUT2D eigenvalue weighted by Gasteiger charge is 2.10. The lowest BCUT2D eigenvalue weighted by Gasteiger charge is -2.10. The van der Waals surface area contributed by atoms with Crippen LogP contribution in [0.4, 0.5) is 0 Å². The first-order valence-corrected chi connectivity index (χ1v) is 4.60. The zero-order valence-corrected chi connectivity index (χ0v) is 8.87. The van der Waals surface area contributed by atoms with E-state index in [1.807, 2.05) is 6.92 Å². The van der Waals surface area contributed by atoms with E-state index in [0.29, 0.717) is 16.1 Å².